The highest BCUT2D eigenvalue weighted by Crippen LogP contribution is 2.39. The number of hydrogen-bond acceptors (Lipinski definition) is 7. The average Bonchev–Trinajstić information content (AvgIpc) is 3.40. The third-order valence-corrected chi connectivity index (χ3v) is 10.8. The number of aryl methyl sites for hydroxylation is 2. The van der Waals surface area contributed by atoms with Crippen LogP contribution >= 0.6 is 0 Å². The molecule has 0 saturated heterocycles. The van der Waals surface area contributed by atoms with Gasteiger partial charge in [-0.15, -0.1) is 0 Å². The van der Waals surface area contributed by atoms with Crippen molar-refractivity contribution in [1.29, 1.82) is 0 Å². The summed E-state index contributed by atoms with van der Waals surface area (Å²) in [4.78, 5) is 36.5. The number of aromatic carboxylic acids is 1. The molecule has 10 nitrogen and oxygen atoms in total. The number of halogens is 12. The van der Waals surface area contributed by atoms with Crippen LogP contribution in [-0.4, -0.2) is 22.9 Å². The number of carboxylic acids is 1. The standard InChI is InChI=1S/C22H13F6NO4.C22H15F6NO2.C13H13NO/c23-21(24,25)13-8-12(9-14(10-13)22(26,27)28)19(30)29-18-11-16(6-7-17(18)20(31)32)33-15-4-2-1-3-5-15;1-13-7-8-18(31-17-5-3-2-4-6-17)12-19(13)29-20(30)14-9-15(21(23,24)25)11-16(10-14)22(26,27)28;1-10-7-8-12(9-13(10)14)15-11-5-3-2-4-6-11/h1-11H,(H,29,30)(H,31,32);2-12H,1H3,(H,29,30);2-9H,14H2,1H3. The minimum Gasteiger partial charge on any atom is -0.478 e. The van der Waals surface area contributed by atoms with Gasteiger partial charge in [-0.05, 0) is 122 Å². The first-order valence-corrected chi connectivity index (χ1v) is 22.8. The molecule has 0 bridgehead atoms. The quantitative estimate of drug-likeness (QED) is 0.0739. The van der Waals surface area contributed by atoms with Gasteiger partial charge in [-0.25, -0.2) is 4.79 Å². The number of carbonyl (C=O) groups excluding carboxylic acids is 2. The molecular formula is C57H41F12N3O7. The van der Waals surface area contributed by atoms with E-state index in [1.54, 1.807) is 79.7 Å². The molecule has 0 heterocycles. The Kier molecular flexibility index (Phi) is 18.4. The maximum absolute atomic E-state index is 13.1. The summed E-state index contributed by atoms with van der Waals surface area (Å²) in [5.41, 5.74) is -0.708. The summed E-state index contributed by atoms with van der Waals surface area (Å²) in [5, 5.41) is 13.8. The van der Waals surface area contributed by atoms with Gasteiger partial charge in [0.05, 0.1) is 33.5 Å². The van der Waals surface area contributed by atoms with Gasteiger partial charge in [0.1, 0.15) is 34.5 Å². The van der Waals surface area contributed by atoms with E-state index in [1.165, 1.54) is 12.1 Å². The molecule has 0 saturated carbocycles. The molecule has 2 amide bonds. The summed E-state index contributed by atoms with van der Waals surface area (Å²) in [6.45, 7) is 3.59. The summed E-state index contributed by atoms with van der Waals surface area (Å²) in [5.74, 6) is -1.11. The summed E-state index contributed by atoms with van der Waals surface area (Å²) < 4.78 is 173. The molecule has 0 aliphatic heterocycles. The predicted molar refractivity (Wildman–Crippen MR) is 269 cm³/mol. The van der Waals surface area contributed by atoms with Crippen LogP contribution in [0.1, 0.15) is 64.5 Å². The molecule has 8 rings (SSSR count). The molecule has 0 radical (unpaired) electrons. The van der Waals surface area contributed by atoms with Gasteiger partial charge < -0.3 is 35.7 Å². The highest BCUT2D eigenvalue weighted by Gasteiger charge is 2.39. The monoisotopic (exact) mass is 1110 g/mol. The Labute approximate surface area is 441 Å². The molecule has 410 valence electrons. The molecule has 0 spiro atoms. The van der Waals surface area contributed by atoms with Gasteiger partial charge in [0.15, 0.2) is 0 Å². The summed E-state index contributed by atoms with van der Waals surface area (Å²) in [6.07, 6.45) is -20.4. The highest BCUT2D eigenvalue weighted by atomic mass is 19.4. The largest absolute Gasteiger partial charge is 0.478 e. The smallest absolute Gasteiger partial charge is 0.416 e. The molecule has 8 aromatic carbocycles. The van der Waals surface area contributed by atoms with Gasteiger partial charge in [0, 0.05) is 40.7 Å². The molecule has 0 aromatic heterocycles. The number of alkyl halides is 12. The Morgan fingerprint density at radius 1 is 0.392 bits per heavy atom. The van der Waals surface area contributed by atoms with Gasteiger partial charge in [-0.2, -0.15) is 52.7 Å². The highest BCUT2D eigenvalue weighted by molar-refractivity contribution is 6.08. The van der Waals surface area contributed by atoms with Gasteiger partial charge in [-0.3, -0.25) is 9.59 Å². The van der Waals surface area contributed by atoms with Crippen LogP contribution in [0.2, 0.25) is 0 Å². The number of carbonyl (C=O) groups is 3. The SMILES string of the molecule is Cc1ccc(Oc2ccccc2)cc1N.Cc1ccc(Oc2ccccc2)cc1NC(=O)c1cc(C(F)(F)F)cc(C(F)(F)F)c1.O=C(Nc1cc(Oc2ccccc2)ccc1C(=O)O)c1cc(C(F)(F)F)cc(C(F)(F)F)c1. The minimum absolute atomic E-state index is 0.0314. The molecule has 79 heavy (non-hydrogen) atoms. The number of anilines is 3. The van der Waals surface area contributed by atoms with Crippen molar-refractivity contribution in [2.24, 2.45) is 0 Å². The van der Waals surface area contributed by atoms with E-state index >= 15 is 0 Å². The van der Waals surface area contributed by atoms with Crippen molar-refractivity contribution in [3.63, 3.8) is 0 Å². The van der Waals surface area contributed by atoms with Crippen molar-refractivity contribution in [3.8, 4) is 34.5 Å². The Balaban J connectivity index is 0.000000204. The third kappa shape index (κ3) is 17.0. The van der Waals surface area contributed by atoms with Crippen LogP contribution < -0.4 is 30.6 Å². The second-order valence-corrected chi connectivity index (χ2v) is 16.8. The van der Waals surface area contributed by atoms with Crippen LogP contribution in [0.15, 0.2) is 182 Å². The zero-order valence-corrected chi connectivity index (χ0v) is 40.8. The number of carboxylic acid groups (broad SMARTS) is 1. The van der Waals surface area contributed by atoms with Crippen LogP contribution in [0.25, 0.3) is 0 Å². The lowest BCUT2D eigenvalue weighted by Gasteiger charge is -2.15. The molecule has 8 aromatic rings. The van der Waals surface area contributed by atoms with E-state index in [4.69, 9.17) is 19.9 Å². The third-order valence-electron chi connectivity index (χ3n) is 10.8. The number of nitrogens with two attached hydrogens (primary N) is 1. The van der Waals surface area contributed by atoms with E-state index in [2.05, 4.69) is 10.6 Å². The second kappa shape index (κ2) is 24.7. The number of amides is 2. The summed E-state index contributed by atoms with van der Waals surface area (Å²) in [6, 6.07) is 41.4. The lowest BCUT2D eigenvalue weighted by atomic mass is 10.0. The zero-order chi connectivity index (χ0) is 57.9. The van der Waals surface area contributed by atoms with E-state index in [9.17, 15) is 72.2 Å². The fourth-order valence-corrected chi connectivity index (χ4v) is 6.79. The number of para-hydroxylation sites is 3. The number of ether oxygens (including phenoxy) is 3. The van der Waals surface area contributed by atoms with Gasteiger partial charge >= 0.3 is 30.7 Å². The molecule has 0 fully saturated rings. The Morgan fingerprint density at radius 3 is 1.05 bits per heavy atom. The Bertz CT molecular complexity index is 3360. The normalized spacial score (nSPS) is 11.4. The van der Waals surface area contributed by atoms with E-state index in [-0.39, 0.29) is 41.4 Å². The van der Waals surface area contributed by atoms with Crippen molar-refractivity contribution in [1.82, 2.24) is 0 Å². The zero-order valence-electron chi connectivity index (χ0n) is 40.8. The topological polar surface area (TPSA) is 149 Å². The van der Waals surface area contributed by atoms with Crippen molar-refractivity contribution >= 4 is 34.8 Å². The molecule has 5 N–H and O–H groups in total. The lowest BCUT2D eigenvalue weighted by Crippen LogP contribution is -2.18. The Hall–Kier alpha value is -9.47. The van der Waals surface area contributed by atoms with Crippen molar-refractivity contribution < 1.29 is 86.4 Å². The molecular weight excluding hydrogens is 1070 g/mol. The number of benzene rings is 8. The van der Waals surface area contributed by atoms with Crippen molar-refractivity contribution in [2.45, 2.75) is 38.6 Å². The first-order chi connectivity index (χ1) is 37.0. The Morgan fingerprint density at radius 2 is 0.709 bits per heavy atom. The average molecular weight is 1110 g/mol. The van der Waals surface area contributed by atoms with E-state index in [1.807, 2.05) is 55.5 Å². The summed E-state index contributed by atoms with van der Waals surface area (Å²) in [7, 11) is 0. The molecule has 22 heteroatoms. The first kappa shape index (κ1) is 58.8. The van der Waals surface area contributed by atoms with Crippen molar-refractivity contribution in [2.75, 3.05) is 16.4 Å². The summed E-state index contributed by atoms with van der Waals surface area (Å²) >= 11 is 0. The fraction of sp³-hybridized carbons (Fsp3) is 0.105. The number of nitrogen functional groups attached to an aromatic ring is 1. The number of rotatable bonds is 11. The van der Waals surface area contributed by atoms with Crippen LogP contribution in [0.4, 0.5) is 69.7 Å². The lowest BCUT2D eigenvalue weighted by molar-refractivity contribution is -0.144. The molecule has 0 aliphatic carbocycles. The van der Waals surface area contributed by atoms with Crippen molar-refractivity contribution in [3.05, 3.63) is 232 Å². The predicted octanol–water partition coefficient (Wildman–Crippen LogP) is 16.9. The molecule has 0 aliphatic rings. The molecule has 0 unspecified atom stereocenters. The van der Waals surface area contributed by atoms with Crippen LogP contribution in [-0.2, 0) is 24.7 Å². The molecule has 0 atom stereocenters. The van der Waals surface area contributed by atoms with Gasteiger partial charge in [-0.1, -0.05) is 66.7 Å². The van der Waals surface area contributed by atoms with Gasteiger partial charge in [0.2, 0.25) is 0 Å². The van der Waals surface area contributed by atoms with E-state index in [0.29, 0.717) is 34.9 Å². The van der Waals surface area contributed by atoms with Gasteiger partial charge in [0.25, 0.3) is 11.8 Å². The maximum Gasteiger partial charge on any atom is 0.416 e. The fourth-order valence-electron chi connectivity index (χ4n) is 6.79. The van der Waals surface area contributed by atoms with E-state index in [0.717, 1.165) is 34.9 Å². The number of nitrogens with one attached hydrogen (secondary N) is 2. The van der Waals surface area contributed by atoms with Crippen LogP contribution in [0.3, 0.4) is 0 Å². The second-order valence-electron chi connectivity index (χ2n) is 16.8. The van der Waals surface area contributed by atoms with Crippen LogP contribution in [0, 0.1) is 13.8 Å². The maximum atomic E-state index is 13.1. The van der Waals surface area contributed by atoms with Crippen LogP contribution in [0.5, 0.6) is 34.5 Å². The van der Waals surface area contributed by atoms with E-state index < -0.39 is 81.4 Å². The minimum atomic E-state index is -5.15. The number of hydrogen-bond donors (Lipinski definition) is 4. The first-order valence-electron chi connectivity index (χ1n) is 22.8.